The average Bonchev–Trinajstić information content (AvgIpc) is 2.33. The van der Waals surface area contributed by atoms with Crippen molar-refractivity contribution in [1.29, 1.82) is 0 Å². The first-order valence-corrected chi connectivity index (χ1v) is 5.83. The summed E-state index contributed by atoms with van der Waals surface area (Å²) in [5, 5.41) is 0. The average molecular weight is 220 g/mol. The number of allylic oxidation sites excluding steroid dienone is 2. The van der Waals surface area contributed by atoms with Crippen molar-refractivity contribution < 1.29 is 0 Å². The second-order valence-corrected chi connectivity index (χ2v) is 2.55. The molecule has 2 heteroatoms. The Labute approximate surface area is 100 Å². The number of aromatic nitrogens is 2. The quantitative estimate of drug-likeness (QED) is 0.693. The van der Waals surface area contributed by atoms with E-state index in [2.05, 4.69) is 16.5 Å². The van der Waals surface area contributed by atoms with Gasteiger partial charge in [-0.1, -0.05) is 52.5 Å². The summed E-state index contributed by atoms with van der Waals surface area (Å²) in [6, 6.07) is 0. The Kier molecular flexibility index (Phi) is 12.3. The zero-order valence-corrected chi connectivity index (χ0v) is 11.4. The molecule has 0 N–H and O–H groups in total. The standard InChI is InChI=1S/C10H12N2.2C2H6/c1-4-5-6-10-7-11-9(3)12-8(10)2;2*1-2/h4-7H,1H2,2-3H3;2*1-2H3/b6-5-;;. The summed E-state index contributed by atoms with van der Waals surface area (Å²) in [5.74, 6) is 0.809. The third-order valence-corrected chi connectivity index (χ3v) is 1.55. The maximum atomic E-state index is 4.23. The third-order valence-electron chi connectivity index (χ3n) is 1.55. The van der Waals surface area contributed by atoms with Crippen molar-refractivity contribution in [1.82, 2.24) is 9.97 Å². The van der Waals surface area contributed by atoms with E-state index in [4.69, 9.17) is 0 Å². The van der Waals surface area contributed by atoms with Crippen LogP contribution in [0.4, 0.5) is 0 Å². The van der Waals surface area contributed by atoms with Crippen LogP contribution in [0, 0.1) is 13.8 Å². The Morgan fingerprint density at radius 1 is 1.12 bits per heavy atom. The van der Waals surface area contributed by atoms with E-state index in [9.17, 15) is 0 Å². The summed E-state index contributed by atoms with van der Waals surface area (Å²) in [6.07, 6.45) is 7.37. The fourth-order valence-electron chi connectivity index (χ4n) is 0.928. The first kappa shape index (κ1) is 17.0. The van der Waals surface area contributed by atoms with Gasteiger partial charge in [0.05, 0.1) is 0 Å². The molecule has 0 aliphatic carbocycles. The molecule has 0 aliphatic rings. The van der Waals surface area contributed by atoms with E-state index in [1.165, 1.54) is 0 Å². The van der Waals surface area contributed by atoms with Crippen LogP contribution in [0.3, 0.4) is 0 Å². The molecule has 16 heavy (non-hydrogen) atoms. The zero-order chi connectivity index (χ0) is 13.0. The Hall–Kier alpha value is -1.44. The minimum atomic E-state index is 0.809. The van der Waals surface area contributed by atoms with Crippen LogP contribution < -0.4 is 0 Å². The molecule has 0 spiro atoms. The molecule has 0 atom stereocenters. The highest BCUT2D eigenvalue weighted by atomic mass is 14.9. The van der Waals surface area contributed by atoms with Crippen LogP contribution in [0.5, 0.6) is 0 Å². The van der Waals surface area contributed by atoms with Crippen LogP contribution in [0.2, 0.25) is 0 Å². The van der Waals surface area contributed by atoms with Crippen molar-refractivity contribution in [2.24, 2.45) is 0 Å². The van der Waals surface area contributed by atoms with Crippen LogP contribution in [0.15, 0.2) is 24.9 Å². The van der Waals surface area contributed by atoms with E-state index >= 15 is 0 Å². The second kappa shape index (κ2) is 11.6. The molecule has 1 rings (SSSR count). The van der Waals surface area contributed by atoms with Crippen molar-refractivity contribution in [3.63, 3.8) is 0 Å². The maximum absolute atomic E-state index is 4.23. The van der Waals surface area contributed by atoms with Crippen LogP contribution in [0.1, 0.15) is 44.8 Å². The lowest BCUT2D eigenvalue weighted by atomic mass is 10.2. The smallest absolute Gasteiger partial charge is 0.125 e. The molecule has 0 aromatic carbocycles. The minimum Gasteiger partial charge on any atom is -0.241 e. The Bertz CT molecular complexity index is 315. The Balaban J connectivity index is 0. The van der Waals surface area contributed by atoms with Gasteiger partial charge in [-0.25, -0.2) is 9.97 Å². The second-order valence-electron chi connectivity index (χ2n) is 2.55. The molecule has 2 nitrogen and oxygen atoms in total. The fraction of sp³-hybridized carbons (Fsp3) is 0.429. The van der Waals surface area contributed by atoms with Crippen molar-refractivity contribution in [2.45, 2.75) is 41.5 Å². The summed E-state index contributed by atoms with van der Waals surface area (Å²) in [6.45, 7) is 15.4. The number of hydrogen-bond acceptors (Lipinski definition) is 2. The summed E-state index contributed by atoms with van der Waals surface area (Å²) in [4.78, 5) is 8.33. The molecule has 0 amide bonds. The highest BCUT2D eigenvalue weighted by Gasteiger charge is 1.95. The van der Waals surface area contributed by atoms with E-state index < -0.39 is 0 Å². The van der Waals surface area contributed by atoms with Gasteiger partial charge in [-0.2, -0.15) is 0 Å². The zero-order valence-electron chi connectivity index (χ0n) is 11.4. The molecule has 1 heterocycles. The van der Waals surface area contributed by atoms with Gasteiger partial charge in [0.2, 0.25) is 0 Å². The lowest BCUT2D eigenvalue weighted by Gasteiger charge is -1.98. The summed E-state index contributed by atoms with van der Waals surface area (Å²) in [5.41, 5.74) is 2.04. The predicted octanol–water partition coefficient (Wildman–Crippen LogP) is 4.35. The number of hydrogen-bond donors (Lipinski definition) is 0. The molecule has 0 aliphatic heterocycles. The molecule has 0 unspecified atom stereocenters. The molecular formula is C14H24N2. The van der Waals surface area contributed by atoms with E-state index in [1.54, 1.807) is 6.08 Å². The largest absolute Gasteiger partial charge is 0.241 e. The maximum Gasteiger partial charge on any atom is 0.125 e. The van der Waals surface area contributed by atoms with E-state index in [-0.39, 0.29) is 0 Å². The summed E-state index contributed by atoms with van der Waals surface area (Å²) < 4.78 is 0. The number of nitrogens with zero attached hydrogens (tertiary/aromatic N) is 2. The molecule has 1 aromatic heterocycles. The normalized spacial score (nSPS) is 8.62. The van der Waals surface area contributed by atoms with Crippen LogP contribution in [-0.4, -0.2) is 9.97 Å². The fourth-order valence-corrected chi connectivity index (χ4v) is 0.928. The topological polar surface area (TPSA) is 25.8 Å². The van der Waals surface area contributed by atoms with E-state index in [0.717, 1.165) is 17.1 Å². The van der Waals surface area contributed by atoms with Crippen LogP contribution in [-0.2, 0) is 0 Å². The Morgan fingerprint density at radius 3 is 2.12 bits per heavy atom. The van der Waals surface area contributed by atoms with Crippen molar-refractivity contribution in [3.05, 3.63) is 42.0 Å². The molecule has 1 aromatic rings. The third kappa shape index (κ3) is 6.93. The molecule has 0 bridgehead atoms. The monoisotopic (exact) mass is 220 g/mol. The van der Waals surface area contributed by atoms with Crippen molar-refractivity contribution in [2.75, 3.05) is 0 Å². The van der Waals surface area contributed by atoms with Crippen molar-refractivity contribution in [3.8, 4) is 0 Å². The minimum absolute atomic E-state index is 0.809. The van der Waals surface area contributed by atoms with Crippen molar-refractivity contribution >= 4 is 6.08 Å². The van der Waals surface area contributed by atoms with Gasteiger partial charge in [-0.3, -0.25) is 0 Å². The van der Waals surface area contributed by atoms with Crippen LogP contribution in [0.25, 0.3) is 6.08 Å². The SMILES string of the molecule is C=C/C=C\c1cnc(C)nc1C.CC.CC. The molecular weight excluding hydrogens is 196 g/mol. The molecule has 0 saturated heterocycles. The van der Waals surface area contributed by atoms with E-state index in [0.29, 0.717) is 0 Å². The lowest BCUT2D eigenvalue weighted by molar-refractivity contribution is 1.00. The first-order valence-electron chi connectivity index (χ1n) is 5.83. The van der Waals surface area contributed by atoms with Gasteiger partial charge in [0.25, 0.3) is 0 Å². The highest BCUT2D eigenvalue weighted by Crippen LogP contribution is 2.05. The number of rotatable bonds is 2. The van der Waals surface area contributed by atoms with Gasteiger partial charge in [0, 0.05) is 17.5 Å². The van der Waals surface area contributed by atoms with Gasteiger partial charge in [0.15, 0.2) is 0 Å². The molecule has 0 saturated carbocycles. The number of aryl methyl sites for hydroxylation is 2. The first-order chi connectivity index (χ1) is 7.74. The lowest BCUT2D eigenvalue weighted by Crippen LogP contribution is -1.92. The molecule has 0 fully saturated rings. The van der Waals surface area contributed by atoms with Gasteiger partial charge >= 0.3 is 0 Å². The van der Waals surface area contributed by atoms with E-state index in [1.807, 2.05) is 59.9 Å². The molecule has 90 valence electrons. The summed E-state index contributed by atoms with van der Waals surface area (Å²) in [7, 11) is 0. The predicted molar refractivity (Wildman–Crippen MR) is 73.4 cm³/mol. The van der Waals surface area contributed by atoms with Gasteiger partial charge in [-0.15, -0.1) is 0 Å². The van der Waals surface area contributed by atoms with Crippen LogP contribution >= 0.6 is 0 Å². The molecule has 0 radical (unpaired) electrons. The van der Waals surface area contributed by atoms with Gasteiger partial charge in [0.1, 0.15) is 5.82 Å². The highest BCUT2D eigenvalue weighted by molar-refractivity contribution is 5.51. The van der Waals surface area contributed by atoms with Gasteiger partial charge < -0.3 is 0 Å². The van der Waals surface area contributed by atoms with Gasteiger partial charge in [-0.05, 0) is 13.8 Å². The Morgan fingerprint density at radius 2 is 1.69 bits per heavy atom. The summed E-state index contributed by atoms with van der Waals surface area (Å²) >= 11 is 0.